The zero-order valence-electron chi connectivity index (χ0n) is 12.9. The number of amides is 1. The maximum atomic E-state index is 11.2. The summed E-state index contributed by atoms with van der Waals surface area (Å²) in [6.45, 7) is 4.27. The topological polar surface area (TPSA) is 194 Å². The number of rotatable bonds is 10. The van der Waals surface area contributed by atoms with Crippen molar-refractivity contribution in [1.29, 1.82) is 0 Å². The average molecular weight is 388 g/mol. The van der Waals surface area contributed by atoms with Gasteiger partial charge in [-0.2, -0.15) is 0 Å². The second kappa shape index (κ2) is 10.2. The molecule has 0 aliphatic rings. The summed E-state index contributed by atoms with van der Waals surface area (Å²) in [5.74, 6) is -0.631. The predicted molar refractivity (Wildman–Crippen MR) is 78.6 cm³/mol. The fourth-order valence-corrected chi connectivity index (χ4v) is 3.99. The van der Waals surface area contributed by atoms with Gasteiger partial charge in [-0.3, -0.25) is 4.89 Å². The molecule has 0 bridgehead atoms. The summed E-state index contributed by atoms with van der Waals surface area (Å²) < 4.78 is 9.30. The summed E-state index contributed by atoms with van der Waals surface area (Å²) in [6, 6.07) is 0. The molecule has 0 aliphatic heterocycles. The molecule has 13 heteroatoms. The van der Waals surface area contributed by atoms with Gasteiger partial charge in [0.2, 0.25) is 5.40 Å². The zero-order valence-corrected chi connectivity index (χ0v) is 14.7. The van der Waals surface area contributed by atoms with Crippen molar-refractivity contribution < 1.29 is 48.4 Å². The smallest absolute Gasteiger partial charge is 0.407 e. The SMILES string of the molecule is C=C(C)C(=O)OCCOC(=O)NCCCC([P+]([O-])([O-])O)[P+]([O-])(O)O. The number of hydrogen-bond acceptors (Lipinski definition) is 10. The minimum Gasteiger partial charge on any atom is -0.656 e. The Morgan fingerprint density at radius 1 is 1.17 bits per heavy atom. The zero-order chi connectivity index (χ0) is 19.0. The minimum absolute atomic E-state index is 0.123. The number of hydrogen-bond donors (Lipinski definition) is 4. The molecule has 0 rings (SSSR count). The molecule has 0 radical (unpaired) electrons. The van der Waals surface area contributed by atoms with E-state index in [2.05, 4.69) is 21.4 Å². The molecule has 0 aromatic rings. The van der Waals surface area contributed by atoms with Gasteiger partial charge in [-0.25, -0.2) is 19.4 Å². The molecule has 0 saturated carbocycles. The molecule has 24 heavy (non-hydrogen) atoms. The van der Waals surface area contributed by atoms with Gasteiger partial charge in [0.1, 0.15) is 13.2 Å². The Morgan fingerprint density at radius 3 is 2.17 bits per heavy atom. The van der Waals surface area contributed by atoms with Crippen molar-refractivity contribution in [2.75, 3.05) is 19.8 Å². The Bertz CT molecular complexity index is 431. The van der Waals surface area contributed by atoms with E-state index in [4.69, 9.17) is 14.7 Å². The predicted octanol–water partition coefficient (Wildman–Crippen LogP) is -2.48. The summed E-state index contributed by atoms with van der Waals surface area (Å²) in [4.78, 5) is 81.6. The highest BCUT2D eigenvalue weighted by Gasteiger charge is 2.44. The summed E-state index contributed by atoms with van der Waals surface area (Å²) in [7, 11) is -10.2. The normalized spacial score (nSPS) is 13.1. The summed E-state index contributed by atoms with van der Waals surface area (Å²) >= 11 is 0. The van der Waals surface area contributed by atoms with Crippen molar-refractivity contribution in [3.8, 4) is 0 Å². The number of alkyl carbamates (subject to hydrolysis) is 1. The van der Waals surface area contributed by atoms with Gasteiger partial charge in [0.15, 0.2) is 0 Å². The van der Waals surface area contributed by atoms with E-state index in [0.29, 0.717) is 0 Å². The number of esters is 1. The van der Waals surface area contributed by atoms with Crippen molar-refractivity contribution in [1.82, 2.24) is 5.32 Å². The van der Waals surface area contributed by atoms with Gasteiger partial charge in [-0.15, -0.1) is 0 Å². The van der Waals surface area contributed by atoms with E-state index in [1.54, 1.807) is 0 Å². The van der Waals surface area contributed by atoms with Gasteiger partial charge in [0.05, 0.1) is 7.94 Å². The summed E-state index contributed by atoms with van der Waals surface area (Å²) in [6.07, 6.45) is -1.55. The van der Waals surface area contributed by atoms with E-state index in [9.17, 15) is 24.3 Å². The van der Waals surface area contributed by atoms with Gasteiger partial charge < -0.3 is 29.5 Å². The van der Waals surface area contributed by atoms with Crippen LogP contribution in [-0.2, 0) is 14.3 Å². The molecule has 140 valence electrons. The second-order valence-corrected chi connectivity index (χ2v) is 8.72. The lowest BCUT2D eigenvalue weighted by Crippen LogP contribution is -2.37. The van der Waals surface area contributed by atoms with Gasteiger partial charge >= 0.3 is 12.1 Å². The quantitative estimate of drug-likeness (QED) is 0.135. The number of carbonyl (C=O) groups excluding carboxylic acids is 2. The fraction of sp³-hybridized carbons (Fsp3) is 0.636. The van der Waals surface area contributed by atoms with Crippen molar-refractivity contribution >= 4 is 27.9 Å². The van der Waals surface area contributed by atoms with Crippen LogP contribution in [0.25, 0.3) is 0 Å². The van der Waals surface area contributed by atoms with Crippen LogP contribution in [0.1, 0.15) is 19.8 Å². The second-order valence-electron chi connectivity index (χ2n) is 4.76. The van der Waals surface area contributed by atoms with E-state index >= 15 is 0 Å². The molecule has 0 aromatic heterocycles. The van der Waals surface area contributed by atoms with Crippen molar-refractivity contribution in [2.24, 2.45) is 0 Å². The van der Waals surface area contributed by atoms with Crippen LogP contribution < -0.4 is 20.0 Å². The third-order valence-electron chi connectivity index (χ3n) is 2.57. The Kier molecular flexibility index (Phi) is 9.79. The lowest BCUT2D eigenvalue weighted by Gasteiger charge is -2.37. The third kappa shape index (κ3) is 10.1. The fourth-order valence-electron chi connectivity index (χ4n) is 1.44. The van der Waals surface area contributed by atoms with E-state index in [1.807, 2.05) is 0 Å². The van der Waals surface area contributed by atoms with Crippen molar-refractivity contribution in [3.05, 3.63) is 12.2 Å². The molecule has 0 spiro atoms. The monoisotopic (exact) mass is 388 g/mol. The highest BCUT2D eigenvalue weighted by atomic mass is 31.3. The molecule has 4 N–H and O–H groups in total. The largest absolute Gasteiger partial charge is 0.656 e. The first-order valence-electron chi connectivity index (χ1n) is 6.67. The van der Waals surface area contributed by atoms with Gasteiger partial charge in [0.25, 0.3) is 7.94 Å². The van der Waals surface area contributed by atoms with Crippen molar-refractivity contribution in [2.45, 2.75) is 25.2 Å². The Hall–Kier alpha value is -0.900. The molecular formula is C11H20NO10P2-. The van der Waals surface area contributed by atoms with Gasteiger partial charge in [0, 0.05) is 18.5 Å². The van der Waals surface area contributed by atoms with Crippen LogP contribution in [0.4, 0.5) is 4.79 Å². The number of nitrogens with one attached hydrogen (secondary N) is 1. The molecule has 0 aromatic carbocycles. The Balaban J connectivity index is 3.96. The van der Waals surface area contributed by atoms with E-state index in [-0.39, 0.29) is 31.8 Å². The molecule has 0 saturated heterocycles. The maximum absolute atomic E-state index is 11.2. The van der Waals surface area contributed by atoms with Crippen molar-refractivity contribution in [3.63, 3.8) is 0 Å². The first-order chi connectivity index (χ1) is 10.9. The maximum Gasteiger partial charge on any atom is 0.407 e. The first-order valence-corrected chi connectivity index (χ1v) is 10.0. The van der Waals surface area contributed by atoms with Crippen LogP contribution in [0.2, 0.25) is 0 Å². The summed E-state index contributed by atoms with van der Waals surface area (Å²) in [5, 5.41) is -0.0119. The molecule has 0 aliphatic carbocycles. The van der Waals surface area contributed by atoms with Crippen LogP contribution in [0.3, 0.4) is 0 Å². The van der Waals surface area contributed by atoms with Crippen LogP contribution in [0.5, 0.6) is 0 Å². The highest BCUT2D eigenvalue weighted by molar-refractivity contribution is 7.75. The van der Waals surface area contributed by atoms with E-state index < -0.39 is 39.8 Å². The molecule has 1 unspecified atom stereocenters. The molecule has 11 nitrogen and oxygen atoms in total. The van der Waals surface area contributed by atoms with Crippen LogP contribution in [0.15, 0.2) is 12.2 Å². The Morgan fingerprint density at radius 2 is 1.71 bits per heavy atom. The third-order valence-corrected chi connectivity index (χ3v) is 6.40. The lowest BCUT2D eigenvalue weighted by molar-refractivity contribution is -0.334. The van der Waals surface area contributed by atoms with Crippen LogP contribution in [-0.4, -0.2) is 51.9 Å². The molecule has 1 atom stereocenters. The van der Waals surface area contributed by atoms with Gasteiger partial charge in [-0.05, 0) is 13.3 Å². The van der Waals surface area contributed by atoms with E-state index in [0.717, 1.165) is 0 Å². The van der Waals surface area contributed by atoms with Crippen LogP contribution >= 0.6 is 15.9 Å². The molecule has 1 amide bonds. The van der Waals surface area contributed by atoms with Gasteiger partial charge in [-0.1, -0.05) is 6.58 Å². The molecule has 0 heterocycles. The highest BCUT2D eigenvalue weighted by Crippen LogP contribution is 2.63. The number of ether oxygens (including phenoxy) is 2. The average Bonchev–Trinajstić information content (AvgIpc) is 2.39. The minimum atomic E-state index is -5.21. The molecular weight excluding hydrogens is 368 g/mol. The Labute approximate surface area is 139 Å². The lowest BCUT2D eigenvalue weighted by atomic mass is 10.3. The van der Waals surface area contributed by atoms with E-state index in [1.165, 1.54) is 6.92 Å². The molecule has 0 fully saturated rings. The first kappa shape index (κ1) is 23.1. The summed E-state index contributed by atoms with van der Waals surface area (Å²) in [5.41, 5.74) is 0.193. The number of carbonyl (C=O) groups is 2. The van der Waals surface area contributed by atoms with Crippen LogP contribution in [0, 0.1) is 0 Å². The standard InChI is InChI=1S/C11H21NO10P2/c1-8(2)10(13)21-6-7-22-11(14)12-5-3-4-9(23(15,16)17)24(18,19)20/h9H,1,3-7H2,2H3,(H,12,14)(H2,15,16,17)(H2,18,19,20)/p-1.